The van der Waals surface area contributed by atoms with Gasteiger partial charge in [0.05, 0.1) is 5.56 Å². The molecule has 2 aromatic carbocycles. The second-order valence-electron chi connectivity index (χ2n) is 5.06. The average molecular weight is 294 g/mol. The fourth-order valence-electron chi connectivity index (χ4n) is 2.33. The van der Waals surface area contributed by atoms with Gasteiger partial charge in [-0.2, -0.15) is 13.2 Å². The number of aryl methyl sites for hydroxylation is 1. The molecule has 2 rings (SSSR count). The summed E-state index contributed by atoms with van der Waals surface area (Å²) in [5.74, 6) is 0. The smallest absolute Gasteiger partial charge is 0.399 e. The van der Waals surface area contributed by atoms with Gasteiger partial charge in [0.1, 0.15) is 0 Å². The highest BCUT2D eigenvalue weighted by Crippen LogP contribution is 2.34. The van der Waals surface area contributed by atoms with E-state index in [1.165, 1.54) is 12.1 Å². The molecule has 0 saturated carbocycles. The summed E-state index contributed by atoms with van der Waals surface area (Å²) in [7, 11) is 1.78. The third kappa shape index (κ3) is 3.48. The topological polar surface area (TPSA) is 29.3 Å². The second-order valence-corrected chi connectivity index (χ2v) is 5.06. The Bertz CT molecular complexity index is 636. The van der Waals surface area contributed by atoms with Crippen molar-refractivity contribution >= 4 is 11.4 Å². The van der Waals surface area contributed by atoms with E-state index in [4.69, 9.17) is 5.73 Å². The summed E-state index contributed by atoms with van der Waals surface area (Å²) < 4.78 is 39.3. The van der Waals surface area contributed by atoms with E-state index in [2.05, 4.69) is 0 Å². The Morgan fingerprint density at radius 3 is 2.38 bits per heavy atom. The SMILES string of the molecule is Cc1ccccc1N(C)Cc1ccc(N)cc1C(F)(F)F. The van der Waals surface area contributed by atoms with Crippen LogP contribution in [0.4, 0.5) is 24.5 Å². The average Bonchev–Trinajstić information content (AvgIpc) is 2.40. The summed E-state index contributed by atoms with van der Waals surface area (Å²) in [6.45, 7) is 2.10. The van der Waals surface area contributed by atoms with Crippen molar-refractivity contribution in [2.45, 2.75) is 19.6 Å². The summed E-state index contributed by atoms with van der Waals surface area (Å²) in [5.41, 5.74) is 7.05. The molecule has 0 aliphatic heterocycles. The lowest BCUT2D eigenvalue weighted by molar-refractivity contribution is -0.138. The maximum atomic E-state index is 13.1. The van der Waals surface area contributed by atoms with Crippen LogP contribution in [-0.2, 0) is 12.7 Å². The minimum Gasteiger partial charge on any atom is -0.399 e. The molecular weight excluding hydrogens is 277 g/mol. The van der Waals surface area contributed by atoms with Gasteiger partial charge in [0.25, 0.3) is 0 Å². The van der Waals surface area contributed by atoms with Gasteiger partial charge in [-0.25, -0.2) is 0 Å². The van der Waals surface area contributed by atoms with Gasteiger partial charge in [-0.05, 0) is 36.2 Å². The molecule has 0 unspecified atom stereocenters. The molecule has 5 heteroatoms. The predicted octanol–water partition coefficient (Wildman–Crippen LogP) is 4.23. The summed E-state index contributed by atoms with van der Waals surface area (Å²) in [6, 6.07) is 11.5. The van der Waals surface area contributed by atoms with Crippen molar-refractivity contribution in [3.63, 3.8) is 0 Å². The zero-order valence-electron chi connectivity index (χ0n) is 11.9. The predicted molar refractivity (Wildman–Crippen MR) is 79.1 cm³/mol. The Kier molecular flexibility index (Phi) is 4.11. The van der Waals surface area contributed by atoms with Crippen LogP contribution < -0.4 is 10.6 Å². The molecule has 0 heterocycles. The Balaban J connectivity index is 2.34. The number of hydrogen-bond acceptors (Lipinski definition) is 2. The fraction of sp³-hybridized carbons (Fsp3) is 0.250. The molecule has 2 N–H and O–H groups in total. The van der Waals surface area contributed by atoms with Gasteiger partial charge in [-0.3, -0.25) is 0 Å². The lowest BCUT2D eigenvalue weighted by Crippen LogP contribution is -2.20. The molecule has 0 aliphatic rings. The second kappa shape index (κ2) is 5.68. The first-order chi connectivity index (χ1) is 9.79. The molecule has 0 aliphatic carbocycles. The minimum atomic E-state index is -4.41. The minimum absolute atomic E-state index is 0.115. The first kappa shape index (κ1) is 15.2. The Labute approximate surface area is 122 Å². The van der Waals surface area contributed by atoms with Crippen molar-refractivity contribution in [3.05, 3.63) is 59.2 Å². The highest BCUT2D eigenvalue weighted by Gasteiger charge is 2.33. The molecule has 0 atom stereocenters. The van der Waals surface area contributed by atoms with Gasteiger partial charge in [0.2, 0.25) is 0 Å². The molecule has 0 radical (unpaired) electrons. The van der Waals surface area contributed by atoms with E-state index in [1.54, 1.807) is 11.9 Å². The number of rotatable bonds is 3. The van der Waals surface area contributed by atoms with E-state index in [9.17, 15) is 13.2 Å². The number of alkyl halides is 3. The number of nitrogens with two attached hydrogens (primary N) is 1. The van der Waals surface area contributed by atoms with E-state index >= 15 is 0 Å². The van der Waals surface area contributed by atoms with Gasteiger partial charge in [-0.1, -0.05) is 24.3 Å². The number of benzene rings is 2. The van der Waals surface area contributed by atoms with E-state index in [0.29, 0.717) is 0 Å². The van der Waals surface area contributed by atoms with Crippen LogP contribution >= 0.6 is 0 Å². The van der Waals surface area contributed by atoms with Gasteiger partial charge in [0, 0.05) is 25.0 Å². The first-order valence-electron chi connectivity index (χ1n) is 6.51. The lowest BCUT2D eigenvalue weighted by Gasteiger charge is -2.23. The summed E-state index contributed by atoms with van der Waals surface area (Å²) in [5, 5.41) is 0. The van der Waals surface area contributed by atoms with Gasteiger partial charge in [0.15, 0.2) is 0 Å². The van der Waals surface area contributed by atoms with Crippen LogP contribution in [0, 0.1) is 6.92 Å². The van der Waals surface area contributed by atoms with Crippen LogP contribution in [0.1, 0.15) is 16.7 Å². The van der Waals surface area contributed by atoms with Crippen LogP contribution in [0.2, 0.25) is 0 Å². The van der Waals surface area contributed by atoms with Crippen LogP contribution in [0.5, 0.6) is 0 Å². The third-order valence-corrected chi connectivity index (χ3v) is 3.37. The molecule has 21 heavy (non-hydrogen) atoms. The number of nitrogens with zero attached hydrogens (tertiary/aromatic N) is 1. The Hall–Kier alpha value is -2.17. The molecule has 2 aromatic rings. The number of para-hydroxylation sites is 1. The lowest BCUT2D eigenvalue weighted by atomic mass is 10.0. The van der Waals surface area contributed by atoms with Crippen molar-refractivity contribution < 1.29 is 13.2 Å². The van der Waals surface area contributed by atoms with Crippen LogP contribution in [0.15, 0.2) is 42.5 Å². The number of halogens is 3. The highest BCUT2D eigenvalue weighted by atomic mass is 19.4. The first-order valence-corrected chi connectivity index (χ1v) is 6.51. The maximum Gasteiger partial charge on any atom is 0.416 e. The molecule has 0 fully saturated rings. The van der Waals surface area contributed by atoms with Crippen LogP contribution in [-0.4, -0.2) is 7.05 Å². The highest BCUT2D eigenvalue weighted by molar-refractivity contribution is 5.54. The molecule has 2 nitrogen and oxygen atoms in total. The summed E-state index contributed by atoms with van der Waals surface area (Å²) in [6.07, 6.45) is -4.41. The van der Waals surface area contributed by atoms with Gasteiger partial charge < -0.3 is 10.6 Å². The Morgan fingerprint density at radius 1 is 1.10 bits per heavy atom. The third-order valence-electron chi connectivity index (χ3n) is 3.37. The maximum absolute atomic E-state index is 13.1. The number of nitrogen functional groups attached to an aromatic ring is 1. The van der Waals surface area contributed by atoms with E-state index < -0.39 is 11.7 Å². The van der Waals surface area contributed by atoms with Gasteiger partial charge in [-0.15, -0.1) is 0 Å². The van der Waals surface area contributed by atoms with E-state index in [-0.39, 0.29) is 17.8 Å². The molecule has 0 saturated heterocycles. The summed E-state index contributed by atoms with van der Waals surface area (Å²) in [4.78, 5) is 1.80. The molecule has 0 amide bonds. The fourth-order valence-corrected chi connectivity index (χ4v) is 2.33. The van der Waals surface area contributed by atoms with Crippen molar-refractivity contribution in [1.82, 2.24) is 0 Å². The van der Waals surface area contributed by atoms with Crippen molar-refractivity contribution in [2.24, 2.45) is 0 Å². The Morgan fingerprint density at radius 2 is 1.76 bits per heavy atom. The molecule has 112 valence electrons. The number of anilines is 2. The zero-order chi connectivity index (χ0) is 15.6. The zero-order valence-corrected chi connectivity index (χ0v) is 11.9. The van der Waals surface area contributed by atoms with E-state index in [0.717, 1.165) is 17.3 Å². The van der Waals surface area contributed by atoms with Crippen molar-refractivity contribution in [1.29, 1.82) is 0 Å². The normalized spacial score (nSPS) is 11.5. The quantitative estimate of drug-likeness (QED) is 0.858. The van der Waals surface area contributed by atoms with E-state index in [1.807, 2.05) is 31.2 Å². The van der Waals surface area contributed by atoms with Crippen molar-refractivity contribution in [2.75, 3.05) is 17.7 Å². The molecule has 0 spiro atoms. The van der Waals surface area contributed by atoms with Crippen LogP contribution in [0.25, 0.3) is 0 Å². The van der Waals surface area contributed by atoms with Crippen molar-refractivity contribution in [3.8, 4) is 0 Å². The van der Waals surface area contributed by atoms with Crippen LogP contribution in [0.3, 0.4) is 0 Å². The number of hydrogen-bond donors (Lipinski definition) is 1. The standard InChI is InChI=1S/C16H17F3N2/c1-11-5-3-4-6-15(11)21(2)10-12-7-8-13(20)9-14(12)16(17,18)19/h3-9H,10,20H2,1-2H3. The van der Waals surface area contributed by atoms with Gasteiger partial charge >= 0.3 is 6.18 Å². The molecule has 0 aromatic heterocycles. The monoisotopic (exact) mass is 294 g/mol. The largest absolute Gasteiger partial charge is 0.416 e. The molecular formula is C16H17F3N2. The summed E-state index contributed by atoms with van der Waals surface area (Å²) >= 11 is 0. The molecule has 0 bridgehead atoms.